The van der Waals surface area contributed by atoms with Gasteiger partial charge in [0.15, 0.2) is 0 Å². The van der Waals surface area contributed by atoms with Gasteiger partial charge < -0.3 is 14.6 Å². The Hall–Kier alpha value is -3.48. The van der Waals surface area contributed by atoms with Crippen LogP contribution >= 0.6 is 0 Å². The van der Waals surface area contributed by atoms with Gasteiger partial charge in [-0.05, 0) is 44.0 Å². The molecule has 160 valence electrons. The molecule has 4 rings (SSSR count). The number of carbonyl (C=O) groups excluding carboxylic acids is 2. The lowest BCUT2D eigenvalue weighted by molar-refractivity contribution is -0.134. The number of benzene rings is 2. The molecule has 0 aliphatic carbocycles. The predicted molar refractivity (Wildman–Crippen MR) is 117 cm³/mol. The lowest BCUT2D eigenvalue weighted by Gasteiger charge is -2.31. The molecule has 2 aromatic carbocycles. The molecule has 31 heavy (non-hydrogen) atoms. The summed E-state index contributed by atoms with van der Waals surface area (Å²) in [5.41, 5.74) is 2.83. The van der Waals surface area contributed by atoms with Gasteiger partial charge >= 0.3 is 0 Å². The number of likely N-dealkylation sites (tertiary alicyclic amines) is 1. The molecule has 1 fully saturated rings. The summed E-state index contributed by atoms with van der Waals surface area (Å²) < 4.78 is 5.71. The average molecular weight is 418 g/mol. The van der Waals surface area contributed by atoms with Crippen LogP contribution in [0, 0.1) is 12.8 Å². The zero-order chi connectivity index (χ0) is 21.6. The lowest BCUT2D eigenvalue weighted by Crippen LogP contribution is -2.41. The van der Waals surface area contributed by atoms with Crippen LogP contribution in [0.1, 0.15) is 30.7 Å². The Bertz CT molecular complexity index is 1020. The van der Waals surface area contributed by atoms with Crippen molar-refractivity contribution < 1.29 is 14.0 Å². The van der Waals surface area contributed by atoms with Gasteiger partial charge in [0.2, 0.25) is 23.6 Å². The minimum atomic E-state index is -0.0720. The molecular formula is C24H26N4O3. The van der Waals surface area contributed by atoms with E-state index in [1.165, 1.54) is 0 Å². The first kappa shape index (κ1) is 20.8. The first-order valence-electron chi connectivity index (χ1n) is 10.6. The molecule has 0 spiro atoms. The van der Waals surface area contributed by atoms with Crippen LogP contribution in [0.15, 0.2) is 59.0 Å². The zero-order valence-corrected chi connectivity index (χ0v) is 17.6. The number of carbonyl (C=O) groups is 2. The Morgan fingerprint density at radius 3 is 2.45 bits per heavy atom. The number of para-hydroxylation sites is 1. The number of rotatable bonds is 6. The average Bonchev–Trinajstić information content (AvgIpc) is 3.28. The van der Waals surface area contributed by atoms with E-state index < -0.39 is 0 Å². The van der Waals surface area contributed by atoms with Crippen LogP contribution in [-0.4, -0.2) is 40.0 Å². The highest BCUT2D eigenvalue weighted by Crippen LogP contribution is 2.21. The van der Waals surface area contributed by atoms with Crippen LogP contribution in [0.3, 0.4) is 0 Å². The first-order valence-corrected chi connectivity index (χ1v) is 10.6. The molecule has 0 atom stereocenters. The fraction of sp³-hybridized carbons (Fsp3) is 0.333. The molecule has 7 nitrogen and oxygen atoms in total. The molecule has 1 aromatic heterocycles. The number of aromatic nitrogens is 2. The molecule has 0 radical (unpaired) electrons. The van der Waals surface area contributed by atoms with Crippen LogP contribution in [0.4, 0.5) is 5.69 Å². The topological polar surface area (TPSA) is 88.3 Å². The quantitative estimate of drug-likeness (QED) is 0.657. The van der Waals surface area contributed by atoms with Crippen molar-refractivity contribution in [3.05, 3.63) is 66.1 Å². The molecule has 1 saturated heterocycles. The second-order valence-electron chi connectivity index (χ2n) is 7.88. The summed E-state index contributed by atoms with van der Waals surface area (Å²) in [5, 5.41) is 11.1. The van der Waals surface area contributed by atoms with E-state index in [1.54, 1.807) is 0 Å². The first-order chi connectivity index (χ1) is 15.1. The van der Waals surface area contributed by atoms with Crippen molar-refractivity contribution in [1.82, 2.24) is 15.1 Å². The number of amides is 2. The van der Waals surface area contributed by atoms with Crippen LogP contribution in [0.25, 0.3) is 11.5 Å². The molecule has 2 amide bonds. The third-order valence-electron chi connectivity index (χ3n) is 5.58. The molecule has 1 N–H and O–H groups in total. The maximum Gasteiger partial charge on any atom is 0.247 e. The number of nitrogens with one attached hydrogen (secondary N) is 1. The third kappa shape index (κ3) is 5.36. The van der Waals surface area contributed by atoms with E-state index in [1.807, 2.05) is 66.4 Å². The number of piperidine rings is 1. The fourth-order valence-corrected chi connectivity index (χ4v) is 3.70. The van der Waals surface area contributed by atoms with E-state index in [-0.39, 0.29) is 17.7 Å². The van der Waals surface area contributed by atoms with Gasteiger partial charge in [-0.1, -0.05) is 35.9 Å². The van der Waals surface area contributed by atoms with Gasteiger partial charge in [-0.2, -0.15) is 0 Å². The zero-order valence-electron chi connectivity index (χ0n) is 17.6. The Kier molecular flexibility index (Phi) is 6.40. The van der Waals surface area contributed by atoms with Crippen LogP contribution < -0.4 is 5.32 Å². The van der Waals surface area contributed by atoms with E-state index in [0.717, 1.165) is 16.8 Å². The minimum absolute atomic E-state index is 0.0211. The predicted octanol–water partition coefficient (Wildman–Crippen LogP) is 3.85. The van der Waals surface area contributed by atoms with Gasteiger partial charge in [-0.25, -0.2) is 0 Å². The lowest BCUT2D eigenvalue weighted by atomic mass is 9.95. The van der Waals surface area contributed by atoms with E-state index in [2.05, 4.69) is 15.5 Å². The van der Waals surface area contributed by atoms with Crippen molar-refractivity contribution in [1.29, 1.82) is 0 Å². The molecule has 0 unspecified atom stereocenters. The maximum absolute atomic E-state index is 12.6. The summed E-state index contributed by atoms with van der Waals surface area (Å²) in [6, 6.07) is 17.3. The molecule has 0 bridgehead atoms. The number of aryl methyl sites for hydroxylation is 2. The smallest absolute Gasteiger partial charge is 0.247 e. The summed E-state index contributed by atoms with van der Waals surface area (Å²) in [6.45, 7) is 3.20. The van der Waals surface area contributed by atoms with Gasteiger partial charge in [0.1, 0.15) is 0 Å². The highest BCUT2D eigenvalue weighted by molar-refractivity contribution is 5.92. The normalized spacial score (nSPS) is 14.4. The van der Waals surface area contributed by atoms with Crippen molar-refractivity contribution >= 4 is 17.5 Å². The van der Waals surface area contributed by atoms with E-state index >= 15 is 0 Å². The number of nitrogens with zero attached hydrogens (tertiary/aromatic N) is 3. The van der Waals surface area contributed by atoms with Gasteiger partial charge in [0, 0.05) is 43.1 Å². The van der Waals surface area contributed by atoms with E-state index in [9.17, 15) is 9.59 Å². The summed E-state index contributed by atoms with van der Waals surface area (Å²) in [6.07, 6.45) is 2.06. The largest absolute Gasteiger partial charge is 0.421 e. The maximum atomic E-state index is 12.6. The molecule has 0 saturated carbocycles. The number of anilines is 1. The Morgan fingerprint density at radius 1 is 1.03 bits per heavy atom. The highest BCUT2D eigenvalue weighted by atomic mass is 16.4. The van der Waals surface area contributed by atoms with Gasteiger partial charge in [0.25, 0.3) is 0 Å². The SMILES string of the molecule is Cc1ccc(-c2nnc(CCC(=O)N3CCC(C(=O)Nc4ccccc4)CC3)o2)cc1. The minimum Gasteiger partial charge on any atom is -0.421 e. The molecule has 7 heteroatoms. The Morgan fingerprint density at radius 2 is 1.74 bits per heavy atom. The number of hydrogen-bond donors (Lipinski definition) is 1. The van der Waals surface area contributed by atoms with Crippen molar-refractivity contribution in [2.24, 2.45) is 5.92 Å². The van der Waals surface area contributed by atoms with Gasteiger partial charge in [-0.3, -0.25) is 9.59 Å². The van der Waals surface area contributed by atoms with E-state index in [4.69, 9.17) is 4.42 Å². The third-order valence-corrected chi connectivity index (χ3v) is 5.58. The summed E-state index contributed by atoms with van der Waals surface area (Å²) in [5.74, 6) is 0.927. The van der Waals surface area contributed by atoms with Gasteiger partial charge in [-0.15, -0.1) is 10.2 Å². The second-order valence-corrected chi connectivity index (χ2v) is 7.88. The summed E-state index contributed by atoms with van der Waals surface area (Å²) >= 11 is 0. The summed E-state index contributed by atoms with van der Waals surface area (Å²) in [4.78, 5) is 26.9. The van der Waals surface area contributed by atoms with Crippen molar-refractivity contribution in [2.45, 2.75) is 32.6 Å². The summed E-state index contributed by atoms with van der Waals surface area (Å²) in [7, 11) is 0. The van der Waals surface area contributed by atoms with Crippen LogP contribution in [-0.2, 0) is 16.0 Å². The second kappa shape index (κ2) is 9.55. The van der Waals surface area contributed by atoms with Crippen LogP contribution in [0.5, 0.6) is 0 Å². The molecule has 2 heterocycles. The van der Waals surface area contributed by atoms with E-state index in [0.29, 0.717) is 50.6 Å². The van der Waals surface area contributed by atoms with Crippen molar-refractivity contribution in [2.75, 3.05) is 18.4 Å². The van der Waals surface area contributed by atoms with Crippen molar-refractivity contribution in [3.8, 4) is 11.5 Å². The Labute approximate surface area is 181 Å². The highest BCUT2D eigenvalue weighted by Gasteiger charge is 2.27. The van der Waals surface area contributed by atoms with Gasteiger partial charge in [0.05, 0.1) is 0 Å². The monoisotopic (exact) mass is 418 g/mol. The molecule has 1 aliphatic rings. The molecular weight excluding hydrogens is 392 g/mol. The standard InChI is InChI=1S/C24H26N4O3/c1-17-7-9-19(10-8-17)24-27-26-21(31-24)11-12-22(29)28-15-13-18(14-16-28)23(30)25-20-5-3-2-4-6-20/h2-10,18H,11-16H2,1H3,(H,25,30). The fourth-order valence-electron chi connectivity index (χ4n) is 3.70. The van der Waals surface area contributed by atoms with Crippen LogP contribution in [0.2, 0.25) is 0 Å². The van der Waals surface area contributed by atoms with Crippen molar-refractivity contribution in [3.63, 3.8) is 0 Å². The Balaban J connectivity index is 1.23. The molecule has 1 aliphatic heterocycles. The molecule has 3 aromatic rings. The number of hydrogen-bond acceptors (Lipinski definition) is 5.